The number of rotatable bonds is 7. The van der Waals surface area contributed by atoms with Crippen LogP contribution in [0.4, 0.5) is 0 Å². The Morgan fingerprint density at radius 3 is 2.38 bits per heavy atom. The normalized spacial score (nSPS) is 43.9. The standard InChI is InChI=1S/C27H44O7/c1-17(7-9-19(28)25(4)14-11-20(33-25)24(2,3)30)18-8-10-21-26(5,32-18)15-12-22(31-21)27(6)16-13-23(29)34-27/h18-22,28,30H,1,7-16H2,2-6H3. The molecular formula is C27H44O7. The maximum atomic E-state index is 11.7. The van der Waals surface area contributed by atoms with Gasteiger partial charge in [0.25, 0.3) is 0 Å². The lowest BCUT2D eigenvalue weighted by Gasteiger charge is -2.51. The van der Waals surface area contributed by atoms with Gasteiger partial charge < -0.3 is 29.2 Å². The van der Waals surface area contributed by atoms with E-state index in [9.17, 15) is 15.0 Å². The highest BCUT2D eigenvalue weighted by molar-refractivity contribution is 5.72. The minimum atomic E-state index is -0.916. The average Bonchev–Trinajstić information content (AvgIpc) is 3.34. The van der Waals surface area contributed by atoms with Crippen molar-refractivity contribution in [2.24, 2.45) is 0 Å². The van der Waals surface area contributed by atoms with Gasteiger partial charge >= 0.3 is 5.97 Å². The summed E-state index contributed by atoms with van der Waals surface area (Å²) < 4.78 is 24.8. The Labute approximate surface area is 204 Å². The van der Waals surface area contributed by atoms with E-state index in [4.69, 9.17) is 18.9 Å². The van der Waals surface area contributed by atoms with E-state index in [1.165, 1.54) is 0 Å². The van der Waals surface area contributed by atoms with E-state index < -0.39 is 22.9 Å². The molecule has 0 spiro atoms. The molecule has 194 valence electrons. The monoisotopic (exact) mass is 480 g/mol. The molecule has 0 aromatic heterocycles. The fourth-order valence-corrected chi connectivity index (χ4v) is 6.25. The Morgan fingerprint density at radius 2 is 1.76 bits per heavy atom. The highest BCUT2D eigenvalue weighted by atomic mass is 16.6. The number of cyclic esters (lactones) is 1. The van der Waals surface area contributed by atoms with E-state index >= 15 is 0 Å². The molecule has 0 amide bonds. The van der Waals surface area contributed by atoms with Gasteiger partial charge in [-0.3, -0.25) is 4.79 Å². The van der Waals surface area contributed by atoms with E-state index in [1.807, 2.05) is 13.8 Å². The van der Waals surface area contributed by atoms with Gasteiger partial charge in [-0.2, -0.15) is 0 Å². The number of carbonyl (C=O) groups excluding carboxylic acids is 1. The summed E-state index contributed by atoms with van der Waals surface area (Å²) in [6.07, 6.45) is 6.13. The first-order valence-electron chi connectivity index (χ1n) is 13.1. The van der Waals surface area contributed by atoms with Crippen LogP contribution >= 0.6 is 0 Å². The van der Waals surface area contributed by atoms with Gasteiger partial charge in [-0.1, -0.05) is 6.58 Å². The molecule has 0 aliphatic carbocycles. The summed E-state index contributed by atoms with van der Waals surface area (Å²) >= 11 is 0. The number of fused-ring (bicyclic) bond motifs is 1. The fourth-order valence-electron chi connectivity index (χ4n) is 6.25. The molecule has 0 radical (unpaired) electrons. The summed E-state index contributed by atoms with van der Waals surface area (Å²) in [6, 6.07) is 0. The summed E-state index contributed by atoms with van der Waals surface area (Å²) in [4.78, 5) is 11.7. The second-order valence-corrected chi connectivity index (χ2v) is 12.3. The van der Waals surface area contributed by atoms with Crippen LogP contribution in [-0.2, 0) is 23.7 Å². The fraction of sp³-hybridized carbons (Fsp3) is 0.889. The highest BCUT2D eigenvalue weighted by Gasteiger charge is 2.53. The lowest BCUT2D eigenvalue weighted by atomic mass is 9.78. The summed E-state index contributed by atoms with van der Waals surface area (Å²) in [5.74, 6) is -0.134. The number of aliphatic hydroxyl groups is 2. The van der Waals surface area contributed by atoms with Gasteiger partial charge in [0.15, 0.2) is 0 Å². The van der Waals surface area contributed by atoms with Crippen molar-refractivity contribution in [2.45, 2.75) is 152 Å². The largest absolute Gasteiger partial charge is 0.457 e. The van der Waals surface area contributed by atoms with Crippen LogP contribution in [0.15, 0.2) is 12.2 Å². The third kappa shape index (κ3) is 5.10. The van der Waals surface area contributed by atoms with E-state index in [1.54, 1.807) is 13.8 Å². The van der Waals surface area contributed by atoms with Crippen LogP contribution in [0.1, 0.15) is 98.8 Å². The summed E-state index contributed by atoms with van der Waals surface area (Å²) in [6.45, 7) is 13.9. The van der Waals surface area contributed by atoms with Gasteiger partial charge in [0, 0.05) is 6.42 Å². The Hall–Kier alpha value is -0.990. The molecule has 34 heavy (non-hydrogen) atoms. The molecule has 4 fully saturated rings. The Kier molecular flexibility index (Phi) is 7.02. The van der Waals surface area contributed by atoms with Crippen LogP contribution in [0.2, 0.25) is 0 Å². The maximum absolute atomic E-state index is 11.7. The molecule has 8 atom stereocenters. The number of hydrogen-bond donors (Lipinski definition) is 2. The number of ether oxygens (including phenoxy) is 4. The predicted molar refractivity (Wildman–Crippen MR) is 127 cm³/mol. The maximum Gasteiger partial charge on any atom is 0.306 e. The van der Waals surface area contributed by atoms with Crippen LogP contribution in [0.25, 0.3) is 0 Å². The van der Waals surface area contributed by atoms with Gasteiger partial charge in [0.1, 0.15) is 5.60 Å². The molecule has 2 N–H and O–H groups in total. The number of esters is 1. The van der Waals surface area contributed by atoms with Gasteiger partial charge in [-0.15, -0.1) is 0 Å². The molecule has 4 heterocycles. The first-order chi connectivity index (χ1) is 15.7. The Balaban J connectivity index is 1.28. The van der Waals surface area contributed by atoms with Crippen molar-refractivity contribution >= 4 is 5.97 Å². The number of hydrogen-bond acceptors (Lipinski definition) is 7. The molecular weight excluding hydrogens is 436 g/mol. The smallest absolute Gasteiger partial charge is 0.306 e. The van der Waals surface area contributed by atoms with Gasteiger partial charge in [0.2, 0.25) is 0 Å². The SMILES string of the molecule is C=C(CCC(O)C1(C)CCC(C(C)(C)O)O1)C1CCC2OC(C3(C)CCC(=O)O3)CCC2(C)O1. The Bertz CT molecular complexity index is 790. The first-order valence-corrected chi connectivity index (χ1v) is 13.1. The van der Waals surface area contributed by atoms with E-state index in [0.29, 0.717) is 25.7 Å². The summed E-state index contributed by atoms with van der Waals surface area (Å²) in [5.41, 5.74) is -1.49. The van der Waals surface area contributed by atoms with Crippen LogP contribution in [0.5, 0.6) is 0 Å². The van der Waals surface area contributed by atoms with E-state index in [-0.39, 0.29) is 36.0 Å². The van der Waals surface area contributed by atoms with Crippen molar-refractivity contribution in [3.05, 3.63) is 12.2 Å². The lowest BCUT2D eigenvalue weighted by molar-refractivity contribution is -0.257. The molecule has 0 aromatic rings. The minimum absolute atomic E-state index is 0.0263. The van der Waals surface area contributed by atoms with Crippen molar-refractivity contribution < 1.29 is 34.0 Å². The van der Waals surface area contributed by atoms with Crippen molar-refractivity contribution in [3.63, 3.8) is 0 Å². The first kappa shape index (κ1) is 26.1. The number of carbonyl (C=O) groups is 1. The minimum Gasteiger partial charge on any atom is -0.457 e. The molecule has 4 saturated heterocycles. The topological polar surface area (TPSA) is 94.5 Å². The highest BCUT2D eigenvalue weighted by Crippen LogP contribution is 2.46. The predicted octanol–water partition coefficient (Wildman–Crippen LogP) is 3.97. The third-order valence-electron chi connectivity index (χ3n) is 8.87. The van der Waals surface area contributed by atoms with Crippen molar-refractivity contribution in [1.82, 2.24) is 0 Å². The lowest BCUT2D eigenvalue weighted by Crippen LogP contribution is -2.58. The zero-order chi connectivity index (χ0) is 24.9. The van der Waals surface area contributed by atoms with E-state index in [0.717, 1.165) is 44.1 Å². The zero-order valence-corrected chi connectivity index (χ0v) is 21.6. The average molecular weight is 481 g/mol. The molecule has 4 aliphatic heterocycles. The van der Waals surface area contributed by atoms with Gasteiger partial charge in [0.05, 0.1) is 47.3 Å². The van der Waals surface area contributed by atoms with Crippen molar-refractivity contribution in [1.29, 1.82) is 0 Å². The molecule has 7 nitrogen and oxygen atoms in total. The van der Waals surface area contributed by atoms with E-state index in [2.05, 4.69) is 13.5 Å². The Morgan fingerprint density at radius 1 is 1.06 bits per heavy atom. The van der Waals surface area contributed by atoms with Crippen molar-refractivity contribution in [2.75, 3.05) is 0 Å². The second-order valence-electron chi connectivity index (χ2n) is 12.3. The van der Waals surface area contributed by atoms with Gasteiger partial charge in [-0.05, 0) is 98.0 Å². The number of aliphatic hydroxyl groups excluding tert-OH is 1. The van der Waals surface area contributed by atoms with Crippen LogP contribution < -0.4 is 0 Å². The summed E-state index contributed by atoms with van der Waals surface area (Å²) in [7, 11) is 0. The van der Waals surface area contributed by atoms with Crippen LogP contribution in [-0.4, -0.2) is 69.1 Å². The molecule has 0 aromatic carbocycles. The van der Waals surface area contributed by atoms with Gasteiger partial charge in [-0.25, -0.2) is 0 Å². The molecule has 4 rings (SSSR count). The molecule has 8 unspecified atom stereocenters. The summed E-state index contributed by atoms with van der Waals surface area (Å²) in [5, 5.41) is 21.2. The van der Waals surface area contributed by atoms with Crippen molar-refractivity contribution in [3.8, 4) is 0 Å². The van der Waals surface area contributed by atoms with Crippen LogP contribution in [0.3, 0.4) is 0 Å². The molecule has 0 saturated carbocycles. The molecule has 4 aliphatic rings. The third-order valence-corrected chi connectivity index (χ3v) is 8.87. The quantitative estimate of drug-likeness (QED) is 0.420. The molecule has 7 heteroatoms. The molecule has 0 bridgehead atoms. The zero-order valence-electron chi connectivity index (χ0n) is 21.6. The van der Waals surface area contributed by atoms with Crippen LogP contribution in [0, 0.1) is 0 Å². The second kappa shape index (κ2) is 9.15.